The van der Waals surface area contributed by atoms with E-state index >= 15 is 0 Å². The van der Waals surface area contributed by atoms with Gasteiger partial charge in [-0.3, -0.25) is 0 Å². The Balaban J connectivity index is 1.80. The maximum absolute atomic E-state index is 9.26. The molecule has 2 rings (SSSR count). The standard InChI is InChI=1S/C11H14O2/c12-10-6-7-11(10)13-8-9-4-2-1-3-5-9/h1-5,10-12H,6-8H2. The molecule has 1 saturated carbocycles. The Morgan fingerprint density at radius 3 is 2.54 bits per heavy atom. The zero-order valence-electron chi connectivity index (χ0n) is 7.52. The minimum absolute atomic E-state index is 0.0696. The van der Waals surface area contributed by atoms with Crippen LogP contribution in [-0.4, -0.2) is 17.3 Å². The molecule has 0 amide bonds. The molecular formula is C11H14O2. The van der Waals surface area contributed by atoms with Gasteiger partial charge in [0.05, 0.1) is 18.8 Å². The van der Waals surface area contributed by atoms with Crippen LogP contribution in [0.5, 0.6) is 0 Å². The summed E-state index contributed by atoms with van der Waals surface area (Å²) in [6.45, 7) is 0.614. The van der Waals surface area contributed by atoms with Crippen LogP contribution in [0.4, 0.5) is 0 Å². The van der Waals surface area contributed by atoms with E-state index in [4.69, 9.17) is 4.74 Å². The highest BCUT2D eigenvalue weighted by Gasteiger charge is 2.29. The first kappa shape index (κ1) is 8.73. The Labute approximate surface area is 78.2 Å². The van der Waals surface area contributed by atoms with E-state index in [9.17, 15) is 5.11 Å². The number of aliphatic hydroxyl groups excluding tert-OH is 1. The molecule has 0 aliphatic heterocycles. The second kappa shape index (κ2) is 3.90. The molecule has 1 aromatic carbocycles. The zero-order chi connectivity index (χ0) is 9.10. The quantitative estimate of drug-likeness (QED) is 0.763. The first-order chi connectivity index (χ1) is 6.36. The lowest BCUT2D eigenvalue weighted by Crippen LogP contribution is -2.38. The maximum atomic E-state index is 9.26. The van der Waals surface area contributed by atoms with Gasteiger partial charge in [0.25, 0.3) is 0 Å². The number of aliphatic hydroxyl groups is 1. The second-order valence-electron chi connectivity index (χ2n) is 3.48. The molecular weight excluding hydrogens is 164 g/mol. The third-order valence-corrected chi connectivity index (χ3v) is 2.48. The van der Waals surface area contributed by atoms with Gasteiger partial charge < -0.3 is 9.84 Å². The topological polar surface area (TPSA) is 29.5 Å². The van der Waals surface area contributed by atoms with Gasteiger partial charge in [0.1, 0.15) is 0 Å². The van der Waals surface area contributed by atoms with Gasteiger partial charge in [-0.05, 0) is 18.4 Å². The molecule has 13 heavy (non-hydrogen) atoms. The molecule has 0 aromatic heterocycles. The first-order valence-corrected chi connectivity index (χ1v) is 4.70. The molecule has 2 atom stereocenters. The maximum Gasteiger partial charge on any atom is 0.0839 e. The molecule has 1 aromatic rings. The highest BCUT2D eigenvalue weighted by Crippen LogP contribution is 2.23. The van der Waals surface area contributed by atoms with Crippen molar-refractivity contribution in [2.45, 2.75) is 31.7 Å². The lowest BCUT2D eigenvalue weighted by molar-refractivity contribution is -0.103. The van der Waals surface area contributed by atoms with Crippen LogP contribution in [0.15, 0.2) is 30.3 Å². The Morgan fingerprint density at radius 2 is 2.00 bits per heavy atom. The second-order valence-corrected chi connectivity index (χ2v) is 3.48. The molecule has 70 valence electrons. The van der Waals surface area contributed by atoms with Crippen molar-refractivity contribution < 1.29 is 9.84 Å². The predicted octanol–water partition coefficient (Wildman–Crippen LogP) is 1.73. The highest BCUT2D eigenvalue weighted by molar-refractivity contribution is 5.13. The summed E-state index contributed by atoms with van der Waals surface area (Å²) in [4.78, 5) is 0. The molecule has 1 aliphatic rings. The van der Waals surface area contributed by atoms with Gasteiger partial charge in [-0.2, -0.15) is 0 Å². The normalized spacial score (nSPS) is 26.8. The molecule has 0 bridgehead atoms. The summed E-state index contributed by atoms with van der Waals surface area (Å²) >= 11 is 0. The van der Waals surface area contributed by atoms with Crippen LogP contribution in [0.1, 0.15) is 18.4 Å². The molecule has 2 nitrogen and oxygen atoms in total. The van der Waals surface area contributed by atoms with Gasteiger partial charge in [0.2, 0.25) is 0 Å². The number of hydrogen-bond donors (Lipinski definition) is 1. The van der Waals surface area contributed by atoms with E-state index in [2.05, 4.69) is 0 Å². The van der Waals surface area contributed by atoms with Crippen LogP contribution < -0.4 is 0 Å². The molecule has 0 spiro atoms. The fraction of sp³-hybridized carbons (Fsp3) is 0.455. The molecule has 2 unspecified atom stereocenters. The van der Waals surface area contributed by atoms with Crippen molar-refractivity contribution in [1.29, 1.82) is 0 Å². The number of rotatable bonds is 3. The number of benzene rings is 1. The van der Waals surface area contributed by atoms with Gasteiger partial charge >= 0.3 is 0 Å². The Kier molecular flexibility index (Phi) is 2.62. The van der Waals surface area contributed by atoms with Crippen molar-refractivity contribution in [3.63, 3.8) is 0 Å². The molecule has 2 heteroatoms. The molecule has 0 saturated heterocycles. The van der Waals surface area contributed by atoms with Crippen LogP contribution in [0, 0.1) is 0 Å². The monoisotopic (exact) mass is 178 g/mol. The van der Waals surface area contributed by atoms with Crippen molar-refractivity contribution >= 4 is 0 Å². The smallest absolute Gasteiger partial charge is 0.0839 e. The summed E-state index contributed by atoms with van der Waals surface area (Å²) < 4.78 is 5.53. The van der Waals surface area contributed by atoms with Gasteiger partial charge in [-0.1, -0.05) is 30.3 Å². The van der Waals surface area contributed by atoms with Crippen molar-refractivity contribution in [3.8, 4) is 0 Å². The van der Waals surface area contributed by atoms with E-state index in [0.717, 1.165) is 12.8 Å². The molecule has 1 N–H and O–H groups in total. The van der Waals surface area contributed by atoms with Crippen LogP contribution in [0.25, 0.3) is 0 Å². The summed E-state index contributed by atoms with van der Waals surface area (Å²) in [5, 5.41) is 9.26. The van der Waals surface area contributed by atoms with Gasteiger partial charge in [0, 0.05) is 0 Å². The van der Waals surface area contributed by atoms with Gasteiger partial charge in [-0.15, -0.1) is 0 Å². The molecule has 0 heterocycles. The third-order valence-electron chi connectivity index (χ3n) is 2.48. The summed E-state index contributed by atoms with van der Waals surface area (Å²) in [6, 6.07) is 10.0. The SMILES string of the molecule is OC1CCC1OCc1ccccc1. The fourth-order valence-corrected chi connectivity index (χ4v) is 1.42. The van der Waals surface area contributed by atoms with Crippen molar-refractivity contribution in [2.24, 2.45) is 0 Å². The van der Waals surface area contributed by atoms with E-state index in [-0.39, 0.29) is 12.2 Å². The molecule has 1 fully saturated rings. The van der Waals surface area contributed by atoms with Crippen LogP contribution in [-0.2, 0) is 11.3 Å². The lowest BCUT2D eigenvalue weighted by Gasteiger charge is -2.32. The van der Waals surface area contributed by atoms with Crippen LogP contribution in [0.2, 0.25) is 0 Å². The minimum Gasteiger partial charge on any atom is -0.390 e. The Bertz CT molecular complexity index is 258. The average molecular weight is 178 g/mol. The van der Waals surface area contributed by atoms with E-state index in [1.54, 1.807) is 0 Å². The largest absolute Gasteiger partial charge is 0.390 e. The summed E-state index contributed by atoms with van der Waals surface area (Å²) in [5.74, 6) is 0. The molecule has 0 radical (unpaired) electrons. The van der Waals surface area contributed by atoms with Crippen molar-refractivity contribution in [1.82, 2.24) is 0 Å². The van der Waals surface area contributed by atoms with E-state index < -0.39 is 0 Å². The van der Waals surface area contributed by atoms with E-state index in [1.807, 2.05) is 30.3 Å². The summed E-state index contributed by atoms with van der Waals surface area (Å²) in [7, 11) is 0. The van der Waals surface area contributed by atoms with Crippen LogP contribution >= 0.6 is 0 Å². The van der Waals surface area contributed by atoms with Crippen molar-refractivity contribution in [3.05, 3.63) is 35.9 Å². The van der Waals surface area contributed by atoms with Gasteiger partial charge in [0.15, 0.2) is 0 Å². The minimum atomic E-state index is -0.233. The van der Waals surface area contributed by atoms with Crippen LogP contribution in [0.3, 0.4) is 0 Å². The lowest BCUT2D eigenvalue weighted by atomic mass is 9.92. The summed E-state index contributed by atoms with van der Waals surface area (Å²) in [5.41, 5.74) is 1.17. The fourth-order valence-electron chi connectivity index (χ4n) is 1.42. The van der Waals surface area contributed by atoms with E-state index in [0.29, 0.717) is 6.61 Å². The van der Waals surface area contributed by atoms with Gasteiger partial charge in [-0.25, -0.2) is 0 Å². The average Bonchev–Trinajstić information content (AvgIpc) is 2.17. The number of ether oxygens (including phenoxy) is 1. The van der Waals surface area contributed by atoms with E-state index in [1.165, 1.54) is 5.56 Å². The number of hydrogen-bond acceptors (Lipinski definition) is 2. The highest BCUT2D eigenvalue weighted by atomic mass is 16.5. The predicted molar refractivity (Wildman–Crippen MR) is 50.3 cm³/mol. The van der Waals surface area contributed by atoms with Crippen molar-refractivity contribution in [2.75, 3.05) is 0 Å². The zero-order valence-corrected chi connectivity index (χ0v) is 7.52. The Morgan fingerprint density at radius 1 is 1.23 bits per heavy atom. The third kappa shape index (κ3) is 2.08. The molecule has 1 aliphatic carbocycles. The first-order valence-electron chi connectivity index (χ1n) is 4.70. The Hall–Kier alpha value is -0.860. The summed E-state index contributed by atoms with van der Waals surface area (Å²) in [6.07, 6.45) is 1.72.